The summed E-state index contributed by atoms with van der Waals surface area (Å²) < 4.78 is 11.4. The van der Waals surface area contributed by atoms with E-state index in [0.29, 0.717) is 12.7 Å². The van der Waals surface area contributed by atoms with E-state index >= 15 is 0 Å². The summed E-state index contributed by atoms with van der Waals surface area (Å²) >= 11 is 1.81. The van der Waals surface area contributed by atoms with E-state index in [1.807, 2.05) is 7.05 Å². The summed E-state index contributed by atoms with van der Waals surface area (Å²) in [6.45, 7) is 4.02. The van der Waals surface area contributed by atoms with Crippen molar-refractivity contribution < 1.29 is 9.47 Å². The van der Waals surface area contributed by atoms with Gasteiger partial charge in [-0.05, 0) is 41.8 Å². The van der Waals surface area contributed by atoms with Gasteiger partial charge in [0.1, 0.15) is 0 Å². The first-order chi connectivity index (χ1) is 13.7. The van der Waals surface area contributed by atoms with E-state index in [4.69, 9.17) is 9.47 Å². The van der Waals surface area contributed by atoms with Crippen molar-refractivity contribution >= 4 is 17.3 Å². The van der Waals surface area contributed by atoms with Crippen LogP contribution in [0.1, 0.15) is 28.8 Å². The van der Waals surface area contributed by atoms with Gasteiger partial charge < -0.3 is 19.7 Å². The van der Waals surface area contributed by atoms with Gasteiger partial charge in [0, 0.05) is 45.3 Å². The molecule has 0 saturated carbocycles. The van der Waals surface area contributed by atoms with Crippen LogP contribution in [0.3, 0.4) is 0 Å². The molecular weight excluding hydrogens is 370 g/mol. The van der Waals surface area contributed by atoms with Crippen LogP contribution in [0.5, 0.6) is 0 Å². The molecule has 0 aliphatic carbocycles. The van der Waals surface area contributed by atoms with E-state index in [-0.39, 0.29) is 0 Å². The number of thiophene rings is 1. The Labute approximate surface area is 172 Å². The molecule has 0 amide bonds. The molecule has 0 radical (unpaired) electrons. The fourth-order valence-electron chi connectivity index (χ4n) is 3.21. The normalized spacial score (nSPS) is 15.6. The molecule has 1 fully saturated rings. The zero-order valence-electron chi connectivity index (χ0n) is 16.9. The lowest BCUT2D eigenvalue weighted by Gasteiger charge is -2.22. The van der Waals surface area contributed by atoms with Crippen molar-refractivity contribution in [2.75, 3.05) is 33.9 Å². The number of likely N-dealkylation sites (N-methyl/N-ethyl adjacent to an activating group) is 1. The Kier molecular flexibility index (Phi) is 8.33. The lowest BCUT2D eigenvalue weighted by Crippen LogP contribution is -2.39. The second-order valence-corrected chi connectivity index (χ2v) is 8.12. The first-order valence-corrected chi connectivity index (χ1v) is 10.8. The number of nitrogens with zero attached hydrogens (tertiary/aromatic N) is 2. The highest BCUT2D eigenvalue weighted by molar-refractivity contribution is 7.09. The minimum atomic E-state index is 0.336. The van der Waals surface area contributed by atoms with Crippen LogP contribution in [0.4, 0.5) is 0 Å². The molecule has 152 valence electrons. The van der Waals surface area contributed by atoms with E-state index in [9.17, 15) is 0 Å². The Morgan fingerprint density at radius 1 is 1.21 bits per heavy atom. The van der Waals surface area contributed by atoms with Gasteiger partial charge >= 0.3 is 0 Å². The monoisotopic (exact) mass is 401 g/mol. The molecule has 3 rings (SSSR count). The van der Waals surface area contributed by atoms with Gasteiger partial charge in [-0.25, -0.2) is 0 Å². The van der Waals surface area contributed by atoms with Crippen LogP contribution in [-0.2, 0) is 29.0 Å². The molecule has 1 aromatic heterocycles. The molecule has 1 aliphatic heterocycles. The summed E-state index contributed by atoms with van der Waals surface area (Å²) in [5.41, 5.74) is 2.45. The van der Waals surface area contributed by atoms with Gasteiger partial charge in [-0.2, -0.15) is 0 Å². The zero-order chi connectivity index (χ0) is 19.6. The van der Waals surface area contributed by atoms with E-state index < -0.39 is 0 Å². The van der Waals surface area contributed by atoms with Crippen LogP contribution in [0.25, 0.3) is 0 Å². The number of ether oxygens (including phenoxy) is 2. The molecule has 0 bridgehead atoms. The Balaban J connectivity index is 1.41. The highest BCUT2D eigenvalue weighted by Gasteiger charge is 2.14. The Bertz CT molecular complexity index is 710. The number of hydrogen-bond acceptors (Lipinski definition) is 4. The number of guanidine groups is 1. The molecule has 28 heavy (non-hydrogen) atoms. The van der Waals surface area contributed by atoms with Gasteiger partial charge in [-0.1, -0.05) is 30.3 Å². The largest absolute Gasteiger partial charge is 0.381 e. The van der Waals surface area contributed by atoms with Crippen molar-refractivity contribution in [3.05, 3.63) is 57.8 Å². The van der Waals surface area contributed by atoms with Crippen molar-refractivity contribution in [1.29, 1.82) is 0 Å². The minimum absolute atomic E-state index is 0.336. The molecular formula is C22H31N3O2S. The third kappa shape index (κ3) is 6.62. The quantitative estimate of drug-likeness (QED) is 0.541. The van der Waals surface area contributed by atoms with Crippen molar-refractivity contribution in [2.45, 2.75) is 38.5 Å². The van der Waals surface area contributed by atoms with Gasteiger partial charge in [0.2, 0.25) is 0 Å². The predicted octanol–water partition coefficient (Wildman–Crippen LogP) is 3.69. The minimum Gasteiger partial charge on any atom is -0.381 e. The number of aliphatic imine (C=N–C) groups is 1. The van der Waals surface area contributed by atoms with Crippen LogP contribution in [0.15, 0.2) is 46.8 Å². The van der Waals surface area contributed by atoms with Crippen molar-refractivity contribution in [3.63, 3.8) is 0 Å². The predicted molar refractivity (Wildman–Crippen MR) is 116 cm³/mol. The van der Waals surface area contributed by atoms with Crippen molar-refractivity contribution in [1.82, 2.24) is 10.2 Å². The van der Waals surface area contributed by atoms with Gasteiger partial charge in [-0.3, -0.25) is 4.99 Å². The summed E-state index contributed by atoms with van der Waals surface area (Å²) in [6.07, 6.45) is 3.38. The van der Waals surface area contributed by atoms with E-state index in [0.717, 1.165) is 51.5 Å². The Morgan fingerprint density at radius 2 is 1.96 bits per heavy atom. The van der Waals surface area contributed by atoms with Gasteiger partial charge in [0.05, 0.1) is 12.7 Å². The summed E-state index contributed by atoms with van der Waals surface area (Å²) in [6, 6.07) is 12.9. The lowest BCUT2D eigenvalue weighted by atomic mass is 10.1. The van der Waals surface area contributed by atoms with E-state index in [1.165, 1.54) is 16.0 Å². The summed E-state index contributed by atoms with van der Waals surface area (Å²) in [4.78, 5) is 7.99. The van der Waals surface area contributed by atoms with Gasteiger partial charge in [0.25, 0.3) is 0 Å². The maximum atomic E-state index is 5.99. The van der Waals surface area contributed by atoms with E-state index in [1.54, 1.807) is 11.3 Å². The number of hydrogen-bond donors (Lipinski definition) is 1. The summed E-state index contributed by atoms with van der Waals surface area (Å²) in [5, 5.41) is 5.58. The molecule has 5 nitrogen and oxygen atoms in total. The molecule has 6 heteroatoms. The molecule has 1 N–H and O–H groups in total. The molecule has 2 heterocycles. The first kappa shape index (κ1) is 20.8. The summed E-state index contributed by atoms with van der Waals surface area (Å²) in [5.74, 6) is 0.920. The second-order valence-electron chi connectivity index (χ2n) is 7.09. The third-order valence-corrected chi connectivity index (χ3v) is 5.91. The SMILES string of the molecule is CN=C(NCc1ccc(COC2CCOCC2)cc1)N(C)CCc1cccs1. The molecule has 0 spiro atoms. The standard InChI is InChI=1S/C22H31N3O2S/c1-23-22(25(2)12-9-21-4-3-15-28-21)24-16-18-5-7-19(8-6-18)17-27-20-10-13-26-14-11-20/h3-8,15,20H,9-14,16-17H2,1-2H3,(H,23,24). The average molecular weight is 402 g/mol. The summed E-state index contributed by atoms with van der Waals surface area (Å²) in [7, 11) is 3.92. The number of nitrogens with one attached hydrogen (secondary N) is 1. The molecule has 1 aliphatic rings. The fourth-order valence-corrected chi connectivity index (χ4v) is 3.91. The van der Waals surface area contributed by atoms with Gasteiger partial charge in [-0.15, -0.1) is 11.3 Å². The van der Waals surface area contributed by atoms with Crippen LogP contribution in [-0.4, -0.2) is 50.8 Å². The topological polar surface area (TPSA) is 46.1 Å². The smallest absolute Gasteiger partial charge is 0.193 e. The average Bonchev–Trinajstić information content (AvgIpc) is 3.26. The number of benzene rings is 1. The van der Waals surface area contributed by atoms with Crippen LogP contribution in [0, 0.1) is 0 Å². The Morgan fingerprint density at radius 3 is 2.64 bits per heavy atom. The maximum absolute atomic E-state index is 5.99. The maximum Gasteiger partial charge on any atom is 0.193 e. The lowest BCUT2D eigenvalue weighted by molar-refractivity contribution is -0.0390. The Hall–Kier alpha value is -1.89. The van der Waals surface area contributed by atoms with Crippen LogP contribution in [0.2, 0.25) is 0 Å². The van der Waals surface area contributed by atoms with Crippen LogP contribution < -0.4 is 5.32 Å². The highest BCUT2D eigenvalue weighted by atomic mass is 32.1. The van der Waals surface area contributed by atoms with E-state index in [2.05, 4.69) is 64.0 Å². The molecule has 0 atom stereocenters. The van der Waals surface area contributed by atoms with Gasteiger partial charge in [0.15, 0.2) is 5.96 Å². The van der Waals surface area contributed by atoms with Crippen LogP contribution >= 0.6 is 11.3 Å². The second kappa shape index (κ2) is 11.2. The molecule has 1 aromatic carbocycles. The zero-order valence-corrected chi connectivity index (χ0v) is 17.7. The highest BCUT2D eigenvalue weighted by Crippen LogP contribution is 2.14. The first-order valence-electron chi connectivity index (χ1n) is 9.96. The van der Waals surface area contributed by atoms with Crippen molar-refractivity contribution in [3.8, 4) is 0 Å². The fraction of sp³-hybridized carbons (Fsp3) is 0.500. The van der Waals surface area contributed by atoms with Crippen molar-refractivity contribution in [2.24, 2.45) is 4.99 Å². The third-order valence-electron chi connectivity index (χ3n) is 4.97. The molecule has 0 unspecified atom stereocenters. The molecule has 1 saturated heterocycles. The molecule has 2 aromatic rings. The number of rotatable bonds is 8.